The van der Waals surface area contributed by atoms with Gasteiger partial charge in [0.2, 0.25) is 0 Å². The molecule has 0 bridgehead atoms. The van der Waals surface area contributed by atoms with Crippen LogP contribution in [0, 0.1) is 0 Å². The Balaban J connectivity index is 2.34. The van der Waals surface area contributed by atoms with E-state index in [4.69, 9.17) is 26.8 Å². The lowest BCUT2D eigenvalue weighted by atomic mass is 10.3. The zero-order valence-electron chi connectivity index (χ0n) is 11.6. The molecular weight excluding hydrogens is 312 g/mol. The molecule has 0 radical (unpaired) electrons. The van der Waals surface area contributed by atoms with Crippen molar-refractivity contribution in [3.63, 3.8) is 0 Å². The van der Waals surface area contributed by atoms with Crippen LogP contribution in [-0.4, -0.2) is 23.4 Å². The van der Waals surface area contributed by atoms with E-state index in [0.29, 0.717) is 32.8 Å². The average molecular weight is 327 g/mol. The largest absolute Gasteiger partial charge is 0.493 e. The molecule has 0 saturated carbocycles. The number of ether oxygens (including phenoxy) is 2. The highest BCUT2D eigenvalue weighted by Gasteiger charge is 2.16. The maximum absolute atomic E-state index is 12.5. The Morgan fingerprint density at radius 1 is 1.29 bits per heavy atom. The van der Waals surface area contributed by atoms with Gasteiger partial charge in [-0.15, -0.1) is 0 Å². The van der Waals surface area contributed by atoms with E-state index in [1.165, 1.54) is 14.2 Å². The van der Waals surface area contributed by atoms with Crippen LogP contribution in [0.25, 0.3) is 0 Å². The first-order chi connectivity index (χ1) is 10.1. The number of anilines is 1. The highest BCUT2D eigenvalue weighted by molar-refractivity contribution is 7.84. The molecular formula is C14H15ClN2O3S. The maximum Gasteiger partial charge on any atom is 0.183 e. The van der Waals surface area contributed by atoms with Crippen molar-refractivity contribution in [3.05, 3.63) is 41.2 Å². The van der Waals surface area contributed by atoms with Crippen molar-refractivity contribution in [2.45, 2.75) is 10.6 Å². The number of pyridine rings is 1. The second-order valence-corrected chi connectivity index (χ2v) is 6.00. The molecule has 0 aliphatic heterocycles. The lowest BCUT2D eigenvalue weighted by molar-refractivity contribution is 0.350. The van der Waals surface area contributed by atoms with Crippen LogP contribution >= 0.6 is 11.6 Å². The van der Waals surface area contributed by atoms with E-state index in [1.807, 2.05) is 0 Å². The third-order valence-electron chi connectivity index (χ3n) is 2.83. The summed E-state index contributed by atoms with van der Waals surface area (Å²) < 4.78 is 23.0. The Kier molecular flexibility index (Phi) is 5.03. The van der Waals surface area contributed by atoms with Crippen molar-refractivity contribution >= 4 is 28.1 Å². The summed E-state index contributed by atoms with van der Waals surface area (Å²) in [7, 11) is 1.66. The smallest absolute Gasteiger partial charge is 0.183 e. The molecule has 112 valence electrons. The molecule has 7 heteroatoms. The molecule has 0 aliphatic rings. The van der Waals surface area contributed by atoms with Crippen molar-refractivity contribution in [1.82, 2.24) is 4.98 Å². The number of nitrogens with zero attached hydrogens (tertiary/aromatic N) is 1. The molecule has 0 amide bonds. The highest BCUT2D eigenvalue weighted by atomic mass is 35.5. The predicted octanol–water partition coefficient (Wildman–Crippen LogP) is 2.64. The average Bonchev–Trinajstić information content (AvgIpc) is 2.49. The van der Waals surface area contributed by atoms with Crippen molar-refractivity contribution < 1.29 is 13.7 Å². The first kappa shape index (κ1) is 15.6. The van der Waals surface area contributed by atoms with Crippen molar-refractivity contribution in [2.75, 3.05) is 20.0 Å². The fraction of sp³-hybridized carbons (Fsp3) is 0.214. The van der Waals surface area contributed by atoms with Gasteiger partial charge >= 0.3 is 0 Å². The van der Waals surface area contributed by atoms with Crippen LogP contribution in [0.3, 0.4) is 0 Å². The minimum atomic E-state index is -1.39. The highest BCUT2D eigenvalue weighted by Crippen LogP contribution is 2.31. The minimum Gasteiger partial charge on any atom is -0.493 e. The molecule has 5 nitrogen and oxygen atoms in total. The second-order valence-electron chi connectivity index (χ2n) is 4.17. The van der Waals surface area contributed by atoms with E-state index in [0.717, 1.165) is 0 Å². The number of methoxy groups -OCH3 is 2. The van der Waals surface area contributed by atoms with Crippen LogP contribution in [0.5, 0.6) is 11.5 Å². The molecule has 0 aliphatic carbocycles. The zero-order chi connectivity index (χ0) is 15.4. The normalized spacial score (nSPS) is 12.0. The molecule has 21 heavy (non-hydrogen) atoms. The quantitative estimate of drug-likeness (QED) is 0.855. The zero-order valence-corrected chi connectivity index (χ0v) is 13.2. The van der Waals surface area contributed by atoms with Crippen molar-refractivity contribution in [2.24, 2.45) is 0 Å². The summed E-state index contributed by atoms with van der Waals surface area (Å²) in [6.07, 6.45) is 1.58. The molecule has 1 unspecified atom stereocenters. The van der Waals surface area contributed by atoms with Crippen molar-refractivity contribution in [3.8, 4) is 11.5 Å². The van der Waals surface area contributed by atoms with Gasteiger partial charge in [0.05, 0.1) is 46.4 Å². The van der Waals surface area contributed by atoms with E-state index >= 15 is 0 Å². The molecule has 0 saturated heterocycles. The van der Waals surface area contributed by atoms with Gasteiger partial charge in [-0.25, -0.2) is 0 Å². The number of nitrogens with two attached hydrogens (primary N) is 1. The van der Waals surface area contributed by atoms with E-state index in [-0.39, 0.29) is 5.75 Å². The summed E-state index contributed by atoms with van der Waals surface area (Å²) in [5, 5.41) is 0.407. The van der Waals surface area contributed by atoms with E-state index in [2.05, 4.69) is 4.98 Å². The Hall–Kier alpha value is -1.79. The Morgan fingerprint density at radius 3 is 2.71 bits per heavy atom. The summed E-state index contributed by atoms with van der Waals surface area (Å²) in [5.41, 5.74) is 6.75. The molecule has 1 aromatic heterocycles. The first-order valence-corrected chi connectivity index (χ1v) is 7.75. The number of halogens is 1. The standard InChI is InChI=1S/C14H15ClN2O3S/c1-19-12-5-6-17-11(14(12)20-2)8-21(18)13-7-9(16)3-4-10(13)15/h3-7H,8,16H2,1-2H3. The van der Waals surface area contributed by atoms with Gasteiger partial charge in [0.15, 0.2) is 11.5 Å². The van der Waals surface area contributed by atoms with Gasteiger partial charge in [-0.05, 0) is 18.2 Å². The number of aromatic nitrogens is 1. The summed E-state index contributed by atoms with van der Waals surface area (Å²) in [4.78, 5) is 4.68. The van der Waals surface area contributed by atoms with Crippen molar-refractivity contribution in [1.29, 1.82) is 0 Å². The number of hydrogen-bond acceptors (Lipinski definition) is 5. The van der Waals surface area contributed by atoms with Gasteiger partial charge in [-0.3, -0.25) is 9.19 Å². The lowest BCUT2D eigenvalue weighted by Gasteiger charge is -2.12. The summed E-state index contributed by atoms with van der Waals surface area (Å²) >= 11 is 6.06. The molecule has 1 aromatic carbocycles. The van der Waals surface area contributed by atoms with Crippen LogP contribution in [0.2, 0.25) is 5.02 Å². The molecule has 2 N–H and O–H groups in total. The maximum atomic E-state index is 12.5. The first-order valence-electron chi connectivity index (χ1n) is 6.06. The van der Waals surface area contributed by atoms with Crippen LogP contribution in [0.15, 0.2) is 35.4 Å². The molecule has 1 atom stereocenters. The van der Waals surface area contributed by atoms with E-state index in [9.17, 15) is 4.21 Å². The van der Waals surface area contributed by atoms with Gasteiger partial charge in [0.25, 0.3) is 0 Å². The lowest BCUT2D eigenvalue weighted by Crippen LogP contribution is -2.04. The van der Waals surface area contributed by atoms with Crippen LogP contribution in [-0.2, 0) is 16.6 Å². The topological polar surface area (TPSA) is 74.4 Å². The number of hydrogen-bond donors (Lipinski definition) is 1. The van der Waals surface area contributed by atoms with Crippen LogP contribution < -0.4 is 15.2 Å². The summed E-state index contributed by atoms with van der Waals surface area (Å²) in [6.45, 7) is 0. The van der Waals surface area contributed by atoms with Gasteiger partial charge in [0, 0.05) is 18.0 Å². The van der Waals surface area contributed by atoms with Gasteiger partial charge in [0.1, 0.15) is 0 Å². The second kappa shape index (κ2) is 6.78. The predicted molar refractivity (Wildman–Crippen MR) is 83.3 cm³/mol. The molecule has 1 heterocycles. The summed E-state index contributed by atoms with van der Waals surface area (Å²) in [5.74, 6) is 1.16. The Labute approximate surface area is 130 Å². The molecule has 0 spiro atoms. The third kappa shape index (κ3) is 3.46. The number of nitrogen functional groups attached to an aromatic ring is 1. The Morgan fingerprint density at radius 2 is 2.05 bits per heavy atom. The summed E-state index contributed by atoms with van der Waals surface area (Å²) in [6, 6.07) is 6.57. The van der Waals surface area contributed by atoms with E-state index < -0.39 is 10.8 Å². The number of benzene rings is 1. The van der Waals surface area contributed by atoms with Crippen LogP contribution in [0.4, 0.5) is 5.69 Å². The molecule has 2 aromatic rings. The van der Waals surface area contributed by atoms with E-state index in [1.54, 1.807) is 30.5 Å². The minimum absolute atomic E-state index is 0.156. The molecule has 2 rings (SSSR count). The SMILES string of the molecule is COc1ccnc(CS(=O)c2cc(N)ccc2Cl)c1OC. The third-order valence-corrected chi connectivity index (χ3v) is 4.64. The molecule has 0 fully saturated rings. The number of rotatable bonds is 5. The van der Waals surface area contributed by atoms with Gasteiger partial charge in [-0.2, -0.15) is 0 Å². The Bertz CT molecular complexity index is 679. The fourth-order valence-corrected chi connectivity index (χ4v) is 3.39. The van der Waals surface area contributed by atoms with Gasteiger partial charge < -0.3 is 15.2 Å². The fourth-order valence-electron chi connectivity index (χ4n) is 1.85. The van der Waals surface area contributed by atoms with Gasteiger partial charge in [-0.1, -0.05) is 11.6 Å². The van der Waals surface area contributed by atoms with Crippen LogP contribution in [0.1, 0.15) is 5.69 Å². The monoisotopic (exact) mass is 326 g/mol.